The molecule has 1 aromatic heterocycles. The predicted molar refractivity (Wildman–Crippen MR) is 64.6 cm³/mol. The summed E-state index contributed by atoms with van der Waals surface area (Å²) in [5.41, 5.74) is 0. The highest BCUT2D eigenvalue weighted by Gasteiger charge is 2.19. The number of fused-ring (bicyclic) bond motifs is 1. The summed E-state index contributed by atoms with van der Waals surface area (Å²) in [6.45, 7) is 1.90. The first kappa shape index (κ1) is 11.1. The number of hydrogen-bond donors (Lipinski definition) is 1. The Morgan fingerprint density at radius 3 is 3.00 bits per heavy atom. The molecule has 3 rings (SSSR count). The molecule has 94 valence electrons. The highest BCUT2D eigenvalue weighted by Crippen LogP contribution is 2.30. The molecular formula is C13H14N2O3. The number of para-hydroxylation sites is 2. The van der Waals surface area contributed by atoms with Crippen molar-refractivity contribution in [2.75, 3.05) is 13.2 Å². The number of nitrogens with one attached hydrogen (secondary N) is 1. The molecule has 0 saturated carbocycles. The SMILES string of the molecule is c1ccc2c(c1)OCC(CNCc1cnco1)O2. The van der Waals surface area contributed by atoms with Gasteiger partial charge in [-0.05, 0) is 12.1 Å². The second-order valence-corrected chi connectivity index (χ2v) is 4.10. The molecule has 2 aromatic rings. The van der Waals surface area contributed by atoms with E-state index in [9.17, 15) is 0 Å². The fourth-order valence-corrected chi connectivity index (χ4v) is 1.85. The minimum absolute atomic E-state index is 0.0165. The van der Waals surface area contributed by atoms with Crippen LogP contribution in [0.4, 0.5) is 0 Å². The Labute approximate surface area is 105 Å². The van der Waals surface area contributed by atoms with E-state index in [0.717, 1.165) is 17.3 Å². The van der Waals surface area contributed by atoms with Crippen molar-refractivity contribution in [1.82, 2.24) is 10.3 Å². The lowest BCUT2D eigenvalue weighted by Gasteiger charge is -2.26. The summed E-state index contributed by atoms with van der Waals surface area (Å²) in [7, 11) is 0. The van der Waals surface area contributed by atoms with Gasteiger partial charge in [0, 0.05) is 6.54 Å². The average Bonchev–Trinajstić information content (AvgIpc) is 2.92. The lowest BCUT2D eigenvalue weighted by Crippen LogP contribution is -2.38. The van der Waals surface area contributed by atoms with Gasteiger partial charge in [0.25, 0.3) is 0 Å². The second-order valence-electron chi connectivity index (χ2n) is 4.10. The van der Waals surface area contributed by atoms with Gasteiger partial charge in [-0.15, -0.1) is 0 Å². The fraction of sp³-hybridized carbons (Fsp3) is 0.308. The maximum Gasteiger partial charge on any atom is 0.180 e. The third kappa shape index (κ3) is 2.46. The minimum atomic E-state index is 0.0165. The zero-order valence-corrected chi connectivity index (χ0v) is 9.83. The standard InChI is InChI=1S/C13H14N2O3/c1-2-4-13-12(3-1)16-8-11(18-13)7-14-5-10-6-15-9-17-10/h1-4,6,9,11,14H,5,7-8H2. The molecular weight excluding hydrogens is 232 g/mol. The van der Waals surface area contributed by atoms with E-state index in [4.69, 9.17) is 13.9 Å². The lowest BCUT2D eigenvalue weighted by molar-refractivity contribution is 0.0898. The number of hydrogen-bond acceptors (Lipinski definition) is 5. The molecule has 2 heterocycles. The third-order valence-electron chi connectivity index (χ3n) is 2.72. The van der Waals surface area contributed by atoms with E-state index in [2.05, 4.69) is 10.3 Å². The number of oxazole rings is 1. The van der Waals surface area contributed by atoms with Gasteiger partial charge in [-0.2, -0.15) is 0 Å². The molecule has 0 amide bonds. The first-order valence-electron chi connectivity index (χ1n) is 5.88. The molecule has 5 heteroatoms. The molecule has 1 aromatic carbocycles. The van der Waals surface area contributed by atoms with Crippen molar-refractivity contribution in [3.05, 3.63) is 42.6 Å². The van der Waals surface area contributed by atoms with Crippen molar-refractivity contribution in [1.29, 1.82) is 0 Å². The first-order chi connectivity index (χ1) is 8.92. The number of nitrogens with zero attached hydrogens (tertiary/aromatic N) is 1. The minimum Gasteiger partial charge on any atom is -0.486 e. The Kier molecular flexibility index (Phi) is 3.14. The van der Waals surface area contributed by atoms with E-state index in [1.807, 2.05) is 24.3 Å². The van der Waals surface area contributed by atoms with Crippen LogP contribution in [0.1, 0.15) is 5.76 Å². The van der Waals surface area contributed by atoms with Gasteiger partial charge < -0.3 is 19.2 Å². The van der Waals surface area contributed by atoms with E-state index in [0.29, 0.717) is 19.7 Å². The summed E-state index contributed by atoms with van der Waals surface area (Å²) in [5, 5.41) is 3.25. The molecule has 0 fully saturated rings. The van der Waals surface area contributed by atoms with Crippen molar-refractivity contribution in [2.45, 2.75) is 12.6 Å². The van der Waals surface area contributed by atoms with Gasteiger partial charge in [0.2, 0.25) is 0 Å². The van der Waals surface area contributed by atoms with E-state index in [1.54, 1.807) is 6.20 Å². The Morgan fingerprint density at radius 2 is 2.17 bits per heavy atom. The van der Waals surface area contributed by atoms with Gasteiger partial charge in [-0.3, -0.25) is 0 Å². The zero-order valence-electron chi connectivity index (χ0n) is 9.83. The Bertz CT molecular complexity index is 499. The van der Waals surface area contributed by atoms with Crippen molar-refractivity contribution in [3.63, 3.8) is 0 Å². The quantitative estimate of drug-likeness (QED) is 0.888. The maximum atomic E-state index is 5.82. The van der Waals surface area contributed by atoms with Crippen molar-refractivity contribution in [3.8, 4) is 11.5 Å². The first-order valence-corrected chi connectivity index (χ1v) is 5.88. The summed E-state index contributed by atoms with van der Waals surface area (Å²) in [6, 6.07) is 7.70. The van der Waals surface area contributed by atoms with E-state index < -0.39 is 0 Å². The number of ether oxygens (including phenoxy) is 2. The average molecular weight is 246 g/mol. The van der Waals surface area contributed by atoms with Crippen molar-refractivity contribution in [2.24, 2.45) is 0 Å². The van der Waals surface area contributed by atoms with E-state index in [-0.39, 0.29) is 6.10 Å². The maximum absolute atomic E-state index is 5.82. The molecule has 0 bridgehead atoms. The van der Waals surface area contributed by atoms with Crippen LogP contribution in [0.15, 0.2) is 41.3 Å². The van der Waals surface area contributed by atoms with Crippen LogP contribution < -0.4 is 14.8 Å². The Morgan fingerprint density at radius 1 is 1.28 bits per heavy atom. The van der Waals surface area contributed by atoms with Gasteiger partial charge in [0.1, 0.15) is 18.5 Å². The number of rotatable bonds is 4. The fourth-order valence-electron chi connectivity index (χ4n) is 1.85. The lowest BCUT2D eigenvalue weighted by atomic mass is 10.2. The Balaban J connectivity index is 1.51. The highest BCUT2D eigenvalue weighted by molar-refractivity contribution is 5.40. The van der Waals surface area contributed by atoms with Crippen LogP contribution in [-0.2, 0) is 6.54 Å². The summed E-state index contributed by atoms with van der Waals surface area (Å²) < 4.78 is 16.6. The molecule has 0 saturated heterocycles. The second kappa shape index (κ2) is 5.10. The van der Waals surface area contributed by atoms with Gasteiger partial charge in [-0.1, -0.05) is 12.1 Å². The van der Waals surface area contributed by atoms with E-state index in [1.165, 1.54) is 6.39 Å². The molecule has 0 aliphatic carbocycles. The van der Waals surface area contributed by atoms with Gasteiger partial charge in [0.05, 0.1) is 12.7 Å². The predicted octanol–water partition coefficient (Wildman–Crippen LogP) is 1.60. The number of benzene rings is 1. The van der Waals surface area contributed by atoms with Crippen molar-refractivity contribution >= 4 is 0 Å². The molecule has 1 aliphatic heterocycles. The van der Waals surface area contributed by atoms with Crippen LogP contribution in [0, 0.1) is 0 Å². The summed E-state index contributed by atoms with van der Waals surface area (Å²) in [6.07, 6.45) is 3.14. The largest absolute Gasteiger partial charge is 0.486 e. The smallest absolute Gasteiger partial charge is 0.180 e. The molecule has 0 spiro atoms. The molecule has 5 nitrogen and oxygen atoms in total. The normalized spacial score (nSPS) is 17.7. The van der Waals surface area contributed by atoms with Crippen LogP contribution in [0.25, 0.3) is 0 Å². The topological polar surface area (TPSA) is 56.5 Å². The van der Waals surface area contributed by atoms with E-state index >= 15 is 0 Å². The Hall–Kier alpha value is -2.01. The van der Waals surface area contributed by atoms with Gasteiger partial charge in [-0.25, -0.2) is 4.98 Å². The monoisotopic (exact) mass is 246 g/mol. The molecule has 1 unspecified atom stereocenters. The molecule has 1 atom stereocenters. The summed E-state index contributed by atoms with van der Waals surface area (Å²) in [5.74, 6) is 2.42. The summed E-state index contributed by atoms with van der Waals surface area (Å²) >= 11 is 0. The third-order valence-corrected chi connectivity index (χ3v) is 2.72. The van der Waals surface area contributed by atoms with Gasteiger partial charge in [0.15, 0.2) is 17.9 Å². The van der Waals surface area contributed by atoms with Crippen LogP contribution in [0.3, 0.4) is 0 Å². The number of aromatic nitrogens is 1. The van der Waals surface area contributed by atoms with Crippen LogP contribution in [-0.4, -0.2) is 24.2 Å². The summed E-state index contributed by atoms with van der Waals surface area (Å²) in [4.78, 5) is 3.85. The molecule has 1 N–H and O–H groups in total. The zero-order chi connectivity index (χ0) is 12.2. The highest BCUT2D eigenvalue weighted by atomic mass is 16.6. The van der Waals surface area contributed by atoms with Crippen molar-refractivity contribution < 1.29 is 13.9 Å². The van der Waals surface area contributed by atoms with Crippen LogP contribution >= 0.6 is 0 Å². The molecule has 0 radical (unpaired) electrons. The van der Waals surface area contributed by atoms with Crippen LogP contribution in [0.5, 0.6) is 11.5 Å². The molecule has 18 heavy (non-hydrogen) atoms. The van der Waals surface area contributed by atoms with Crippen LogP contribution in [0.2, 0.25) is 0 Å². The molecule has 1 aliphatic rings. The van der Waals surface area contributed by atoms with Gasteiger partial charge >= 0.3 is 0 Å².